The van der Waals surface area contributed by atoms with Gasteiger partial charge in [-0.25, -0.2) is 0 Å². The molecule has 0 fully saturated rings. The molecule has 2 aromatic rings. The van der Waals surface area contributed by atoms with Crippen LogP contribution in [0.15, 0.2) is 30.3 Å². The minimum absolute atomic E-state index is 0. The third kappa shape index (κ3) is 1.81. The number of hydrogen-bond donors (Lipinski definition) is 0. The van der Waals surface area contributed by atoms with Crippen LogP contribution in [0.4, 0.5) is 0 Å². The van der Waals surface area contributed by atoms with E-state index < -0.39 is 0 Å². The van der Waals surface area contributed by atoms with Gasteiger partial charge in [0.25, 0.3) is 0 Å². The summed E-state index contributed by atoms with van der Waals surface area (Å²) < 4.78 is 2.94. The molecule has 0 spiro atoms. The molecule has 11 heavy (non-hydrogen) atoms. The Kier molecular flexibility index (Phi) is 3.06. The van der Waals surface area contributed by atoms with Gasteiger partial charge in [-0.2, -0.15) is 0 Å². The fourth-order valence-electron chi connectivity index (χ4n) is 1.04. The molecule has 0 bridgehead atoms. The summed E-state index contributed by atoms with van der Waals surface area (Å²) in [6.45, 7) is 0. The summed E-state index contributed by atoms with van der Waals surface area (Å²) in [6, 6.07) is 10.8. The van der Waals surface area contributed by atoms with Gasteiger partial charge in [-0.05, 0) is 0 Å². The SMILES string of the molecule is [Cl-].[Zn+][c]1cc2ccccc2s1. The number of benzene rings is 1. The van der Waals surface area contributed by atoms with E-state index in [4.69, 9.17) is 0 Å². The van der Waals surface area contributed by atoms with Crippen LogP contribution in [0.5, 0.6) is 0 Å². The summed E-state index contributed by atoms with van der Waals surface area (Å²) >= 11 is 3.18. The van der Waals surface area contributed by atoms with Crippen molar-refractivity contribution in [2.45, 2.75) is 0 Å². The summed E-state index contributed by atoms with van der Waals surface area (Å²) in [5, 5.41) is 1.40. The van der Waals surface area contributed by atoms with E-state index >= 15 is 0 Å². The summed E-state index contributed by atoms with van der Waals surface area (Å²) in [6.07, 6.45) is 0. The van der Waals surface area contributed by atoms with Crippen LogP contribution in [0.2, 0.25) is 0 Å². The Balaban J connectivity index is 0.000000605. The minimum atomic E-state index is 0. The van der Waals surface area contributed by atoms with Crippen molar-refractivity contribution in [1.82, 2.24) is 0 Å². The van der Waals surface area contributed by atoms with Crippen LogP contribution < -0.4 is 15.9 Å². The van der Waals surface area contributed by atoms with Crippen LogP contribution in [0, 0.1) is 0 Å². The van der Waals surface area contributed by atoms with Gasteiger partial charge in [0.2, 0.25) is 0 Å². The average Bonchev–Trinajstić information content (AvgIpc) is 2.27. The second-order valence-electron chi connectivity index (χ2n) is 2.25. The van der Waals surface area contributed by atoms with Crippen LogP contribution in [0.1, 0.15) is 0 Å². The van der Waals surface area contributed by atoms with Gasteiger partial charge < -0.3 is 12.4 Å². The molecule has 0 saturated heterocycles. The average molecular weight is 234 g/mol. The van der Waals surface area contributed by atoms with Crippen LogP contribution in [-0.2, 0) is 18.3 Å². The molecule has 1 aromatic carbocycles. The van der Waals surface area contributed by atoms with Crippen molar-refractivity contribution in [3.05, 3.63) is 30.3 Å². The standard InChI is InChI=1S/C8H5S.ClH.Zn/c1-2-4-8-7(3-1)5-6-9-8;;/h1-5H;1H;/q;;+1/p-1. The predicted octanol–water partition coefficient (Wildman–Crippen LogP) is -0.923. The van der Waals surface area contributed by atoms with Gasteiger partial charge in [0, 0.05) is 0 Å². The summed E-state index contributed by atoms with van der Waals surface area (Å²) in [4.78, 5) is 0. The first-order valence-electron chi connectivity index (χ1n) is 3.17. The van der Waals surface area contributed by atoms with Crippen LogP contribution in [0.3, 0.4) is 0 Å². The first kappa shape index (κ1) is 9.18. The van der Waals surface area contributed by atoms with Gasteiger partial charge in [0.05, 0.1) is 0 Å². The summed E-state index contributed by atoms with van der Waals surface area (Å²) in [5.74, 6) is 0. The quantitative estimate of drug-likeness (QED) is 0.517. The number of rotatable bonds is 0. The van der Waals surface area contributed by atoms with Gasteiger partial charge in [0.1, 0.15) is 0 Å². The predicted molar refractivity (Wildman–Crippen MR) is 41.5 cm³/mol. The van der Waals surface area contributed by atoms with E-state index in [0.29, 0.717) is 0 Å². The van der Waals surface area contributed by atoms with Gasteiger partial charge in [-0.15, -0.1) is 0 Å². The Labute approximate surface area is 85.7 Å². The molecular formula is C8H5ClSZn. The zero-order valence-electron chi connectivity index (χ0n) is 5.88. The monoisotopic (exact) mass is 232 g/mol. The Morgan fingerprint density at radius 2 is 1.91 bits per heavy atom. The molecule has 0 unspecified atom stereocenters. The molecule has 0 saturated carbocycles. The van der Waals surface area contributed by atoms with Gasteiger partial charge in [-0.3, -0.25) is 0 Å². The molecule has 0 atom stereocenters. The molecule has 0 amide bonds. The van der Waals surface area contributed by atoms with Gasteiger partial charge in [0.15, 0.2) is 0 Å². The van der Waals surface area contributed by atoms with Gasteiger partial charge >= 0.3 is 73.5 Å². The van der Waals surface area contributed by atoms with Crippen LogP contribution in [-0.4, -0.2) is 0 Å². The summed E-state index contributed by atoms with van der Waals surface area (Å²) in [5.41, 5.74) is 0. The molecule has 52 valence electrons. The first-order chi connectivity index (χ1) is 4.86. The molecule has 0 nitrogen and oxygen atoms in total. The van der Waals surface area contributed by atoms with Crippen molar-refractivity contribution in [1.29, 1.82) is 0 Å². The molecule has 2 rings (SSSR count). The molecule has 3 heteroatoms. The van der Waals surface area contributed by atoms with E-state index in [1.807, 2.05) is 11.3 Å². The zero-order valence-corrected chi connectivity index (χ0v) is 10.4. The second kappa shape index (κ2) is 3.66. The van der Waals surface area contributed by atoms with Crippen molar-refractivity contribution in [3.8, 4) is 0 Å². The molecule has 0 aliphatic rings. The van der Waals surface area contributed by atoms with Crippen molar-refractivity contribution < 1.29 is 30.7 Å². The molecular weight excluding hydrogens is 229 g/mol. The van der Waals surface area contributed by atoms with Crippen molar-refractivity contribution in [3.63, 3.8) is 0 Å². The Morgan fingerprint density at radius 1 is 1.18 bits per heavy atom. The fraction of sp³-hybridized carbons (Fsp3) is 0. The number of hydrogen-bond acceptors (Lipinski definition) is 1. The summed E-state index contributed by atoms with van der Waals surface area (Å²) in [7, 11) is 0. The van der Waals surface area contributed by atoms with E-state index in [2.05, 4.69) is 30.3 Å². The maximum absolute atomic E-state index is 2.28. The van der Waals surface area contributed by atoms with Crippen molar-refractivity contribution in [2.75, 3.05) is 0 Å². The van der Waals surface area contributed by atoms with Crippen molar-refractivity contribution >= 4 is 24.9 Å². The number of fused-ring (bicyclic) bond motifs is 1. The number of thiophene rings is 1. The second-order valence-corrected chi connectivity index (χ2v) is 6.09. The third-order valence-electron chi connectivity index (χ3n) is 1.48. The topological polar surface area (TPSA) is 0 Å². The fourth-order valence-corrected chi connectivity index (χ4v) is 3.34. The Morgan fingerprint density at radius 3 is 2.64 bits per heavy atom. The van der Waals surface area contributed by atoms with E-state index in [1.165, 1.54) is 31.9 Å². The van der Waals surface area contributed by atoms with E-state index in [-0.39, 0.29) is 12.4 Å². The Hall–Kier alpha value is 0.0934. The molecule has 1 aromatic heterocycles. The third-order valence-corrected chi connectivity index (χ3v) is 3.79. The van der Waals surface area contributed by atoms with E-state index in [9.17, 15) is 0 Å². The van der Waals surface area contributed by atoms with Crippen LogP contribution in [0.25, 0.3) is 10.1 Å². The molecule has 0 N–H and O–H groups in total. The molecule has 1 heterocycles. The van der Waals surface area contributed by atoms with Crippen molar-refractivity contribution in [2.24, 2.45) is 0 Å². The molecule has 0 radical (unpaired) electrons. The van der Waals surface area contributed by atoms with Gasteiger partial charge in [-0.1, -0.05) is 0 Å². The zero-order chi connectivity index (χ0) is 6.97. The molecule has 0 aliphatic carbocycles. The maximum atomic E-state index is 2.28. The van der Waals surface area contributed by atoms with Crippen LogP contribution >= 0.6 is 11.3 Å². The normalized spacial score (nSPS) is 9.64. The van der Waals surface area contributed by atoms with E-state index in [1.54, 1.807) is 0 Å². The van der Waals surface area contributed by atoms with E-state index in [0.717, 1.165) is 0 Å². The Bertz CT molecular complexity index is 323. The number of halogens is 1. The first-order valence-corrected chi connectivity index (χ1v) is 5.47. The molecule has 0 aliphatic heterocycles.